The molecule has 0 aliphatic heterocycles. The van der Waals surface area contributed by atoms with Crippen LogP contribution in [0.2, 0.25) is 0 Å². The van der Waals surface area contributed by atoms with Crippen LogP contribution in [0.5, 0.6) is 0 Å². The Balaban J connectivity index is 1.79. The van der Waals surface area contributed by atoms with Gasteiger partial charge < -0.3 is 16.4 Å². The molecule has 0 aliphatic carbocycles. The van der Waals surface area contributed by atoms with Crippen molar-refractivity contribution < 1.29 is 14.4 Å². The molecule has 0 saturated heterocycles. The largest absolute Gasteiger partial charge is 0.368 e. The number of benzene rings is 3. The molecule has 7 heteroatoms. The normalized spacial score (nSPS) is 12.4. The van der Waals surface area contributed by atoms with Gasteiger partial charge in [-0.25, -0.2) is 0 Å². The summed E-state index contributed by atoms with van der Waals surface area (Å²) >= 11 is 2.08. The van der Waals surface area contributed by atoms with Gasteiger partial charge in [-0.15, -0.1) is 0 Å². The molecule has 164 valence electrons. The molecule has 0 unspecified atom stereocenters. The summed E-state index contributed by atoms with van der Waals surface area (Å²) in [4.78, 5) is 38.1. The summed E-state index contributed by atoms with van der Waals surface area (Å²) in [7, 11) is 0. The van der Waals surface area contributed by atoms with Crippen LogP contribution in [0.3, 0.4) is 0 Å². The molecule has 32 heavy (non-hydrogen) atoms. The minimum Gasteiger partial charge on any atom is -0.368 e. The van der Waals surface area contributed by atoms with E-state index in [1.165, 1.54) is 0 Å². The molecule has 3 aromatic rings. The topological polar surface area (TPSA) is 101 Å². The van der Waals surface area contributed by atoms with E-state index in [1.54, 1.807) is 12.1 Å². The van der Waals surface area contributed by atoms with Gasteiger partial charge in [-0.3, -0.25) is 14.4 Å². The molecule has 0 heterocycles. The highest BCUT2D eigenvalue weighted by Crippen LogP contribution is 2.13. The number of hydrogen-bond acceptors (Lipinski definition) is 3. The van der Waals surface area contributed by atoms with Crippen molar-refractivity contribution in [1.29, 1.82) is 0 Å². The van der Waals surface area contributed by atoms with Crippen LogP contribution in [0.25, 0.3) is 0 Å². The fraction of sp³-hybridized carbons (Fsp3) is 0.160. The van der Waals surface area contributed by atoms with Crippen LogP contribution in [-0.2, 0) is 22.4 Å². The maximum absolute atomic E-state index is 13.2. The highest BCUT2D eigenvalue weighted by Gasteiger charge is 2.27. The molecule has 4 N–H and O–H groups in total. The Morgan fingerprint density at radius 1 is 0.719 bits per heavy atom. The van der Waals surface area contributed by atoms with Crippen molar-refractivity contribution in [2.45, 2.75) is 24.9 Å². The zero-order valence-corrected chi connectivity index (χ0v) is 19.5. The van der Waals surface area contributed by atoms with Crippen molar-refractivity contribution >= 4 is 40.3 Å². The van der Waals surface area contributed by atoms with Crippen molar-refractivity contribution in [2.24, 2.45) is 5.73 Å². The lowest BCUT2D eigenvalue weighted by Crippen LogP contribution is -2.54. The SMILES string of the molecule is NC(=O)[C@H](Cc1ccccc1)NC(=O)[C@H](Cc1ccccc1)NC(=O)c1ccccc1I. The first-order valence-corrected chi connectivity index (χ1v) is 11.2. The third-order valence-electron chi connectivity index (χ3n) is 4.97. The number of primary amides is 1. The average Bonchev–Trinajstić information content (AvgIpc) is 2.79. The molecular weight excluding hydrogens is 517 g/mol. The van der Waals surface area contributed by atoms with Crippen molar-refractivity contribution in [3.63, 3.8) is 0 Å². The summed E-state index contributed by atoms with van der Waals surface area (Å²) in [6, 6.07) is 24.1. The summed E-state index contributed by atoms with van der Waals surface area (Å²) in [5.41, 5.74) is 7.79. The van der Waals surface area contributed by atoms with Gasteiger partial charge in [0, 0.05) is 16.4 Å². The molecule has 0 fully saturated rings. The third kappa shape index (κ3) is 6.65. The van der Waals surface area contributed by atoms with Crippen LogP contribution in [0.15, 0.2) is 84.9 Å². The first kappa shape index (κ1) is 23.5. The van der Waals surface area contributed by atoms with E-state index in [4.69, 9.17) is 5.73 Å². The van der Waals surface area contributed by atoms with E-state index in [9.17, 15) is 14.4 Å². The minimum atomic E-state index is -0.892. The summed E-state index contributed by atoms with van der Waals surface area (Å²) in [6.45, 7) is 0. The summed E-state index contributed by atoms with van der Waals surface area (Å²) in [5, 5.41) is 5.55. The van der Waals surface area contributed by atoms with Gasteiger partial charge >= 0.3 is 0 Å². The standard InChI is InChI=1S/C25H24IN3O3/c26-20-14-8-7-13-19(20)24(31)29-22(16-18-11-5-2-6-12-18)25(32)28-21(23(27)30)15-17-9-3-1-4-10-17/h1-14,21-22H,15-16H2,(H2,27,30)(H,28,32)(H,29,31)/t21-,22-/m0/s1. The number of carbonyl (C=O) groups excluding carboxylic acids is 3. The Morgan fingerprint density at radius 3 is 1.75 bits per heavy atom. The number of nitrogens with two attached hydrogens (primary N) is 1. The van der Waals surface area contributed by atoms with Crippen molar-refractivity contribution in [3.05, 3.63) is 105 Å². The summed E-state index contributed by atoms with van der Waals surface area (Å²) in [5.74, 6) is -1.46. The van der Waals surface area contributed by atoms with E-state index in [1.807, 2.05) is 72.8 Å². The lowest BCUT2D eigenvalue weighted by molar-refractivity contribution is -0.128. The van der Waals surface area contributed by atoms with Gasteiger partial charge in [-0.2, -0.15) is 0 Å². The number of halogens is 1. The zero-order valence-electron chi connectivity index (χ0n) is 17.3. The number of carbonyl (C=O) groups is 3. The first-order valence-electron chi connectivity index (χ1n) is 10.2. The Bertz CT molecular complexity index is 1070. The molecule has 0 spiro atoms. The van der Waals surface area contributed by atoms with Gasteiger partial charge in [0.05, 0.1) is 5.56 Å². The van der Waals surface area contributed by atoms with Gasteiger partial charge in [-0.1, -0.05) is 72.8 Å². The molecular formula is C25H24IN3O3. The van der Waals surface area contributed by atoms with E-state index in [0.29, 0.717) is 5.56 Å². The van der Waals surface area contributed by atoms with Gasteiger partial charge in [0.25, 0.3) is 5.91 Å². The molecule has 2 atom stereocenters. The van der Waals surface area contributed by atoms with Crippen molar-refractivity contribution in [2.75, 3.05) is 0 Å². The Morgan fingerprint density at radius 2 is 1.22 bits per heavy atom. The highest BCUT2D eigenvalue weighted by atomic mass is 127. The quantitative estimate of drug-likeness (QED) is 0.364. The van der Waals surface area contributed by atoms with Gasteiger partial charge in [-0.05, 0) is 45.9 Å². The number of amides is 3. The fourth-order valence-electron chi connectivity index (χ4n) is 3.29. The number of rotatable bonds is 9. The summed E-state index contributed by atoms with van der Waals surface area (Å²) < 4.78 is 0.778. The lowest BCUT2D eigenvalue weighted by Gasteiger charge is -2.22. The molecule has 6 nitrogen and oxygen atoms in total. The lowest BCUT2D eigenvalue weighted by atomic mass is 10.0. The monoisotopic (exact) mass is 541 g/mol. The molecule has 3 aromatic carbocycles. The predicted molar refractivity (Wildman–Crippen MR) is 132 cm³/mol. The Labute approximate surface area is 200 Å². The molecule has 0 aliphatic rings. The predicted octanol–water partition coefficient (Wildman–Crippen LogP) is 2.85. The van der Waals surface area contributed by atoms with Crippen molar-refractivity contribution in [1.82, 2.24) is 10.6 Å². The zero-order chi connectivity index (χ0) is 22.9. The molecule has 3 rings (SSSR count). The number of hydrogen-bond donors (Lipinski definition) is 3. The van der Waals surface area contributed by atoms with E-state index in [-0.39, 0.29) is 18.7 Å². The average molecular weight is 541 g/mol. The summed E-state index contributed by atoms with van der Waals surface area (Å²) in [6.07, 6.45) is 0.545. The maximum atomic E-state index is 13.2. The number of nitrogens with one attached hydrogen (secondary N) is 2. The molecule has 0 radical (unpaired) electrons. The molecule has 0 bridgehead atoms. The van der Waals surface area contributed by atoms with Crippen LogP contribution in [-0.4, -0.2) is 29.8 Å². The first-order chi connectivity index (χ1) is 15.4. The van der Waals surface area contributed by atoms with E-state index in [2.05, 4.69) is 33.2 Å². The molecule has 0 aromatic heterocycles. The second-order valence-corrected chi connectivity index (χ2v) is 8.51. The molecule has 3 amide bonds. The highest BCUT2D eigenvalue weighted by molar-refractivity contribution is 14.1. The molecule has 0 saturated carbocycles. The van der Waals surface area contributed by atoms with Crippen LogP contribution in [0.1, 0.15) is 21.5 Å². The van der Waals surface area contributed by atoms with Gasteiger partial charge in [0.2, 0.25) is 11.8 Å². The van der Waals surface area contributed by atoms with Crippen LogP contribution in [0, 0.1) is 3.57 Å². The van der Waals surface area contributed by atoms with Gasteiger partial charge in [0.15, 0.2) is 0 Å². The van der Waals surface area contributed by atoms with E-state index < -0.39 is 23.9 Å². The third-order valence-corrected chi connectivity index (χ3v) is 5.91. The van der Waals surface area contributed by atoms with Crippen LogP contribution < -0.4 is 16.4 Å². The Kier molecular flexibility index (Phi) is 8.38. The smallest absolute Gasteiger partial charge is 0.253 e. The van der Waals surface area contributed by atoms with Crippen LogP contribution >= 0.6 is 22.6 Å². The van der Waals surface area contributed by atoms with Crippen molar-refractivity contribution in [3.8, 4) is 0 Å². The second kappa shape index (κ2) is 11.4. The van der Waals surface area contributed by atoms with Crippen LogP contribution in [0.4, 0.5) is 0 Å². The van der Waals surface area contributed by atoms with E-state index in [0.717, 1.165) is 14.7 Å². The minimum absolute atomic E-state index is 0.268. The van der Waals surface area contributed by atoms with Gasteiger partial charge in [0.1, 0.15) is 12.1 Å². The maximum Gasteiger partial charge on any atom is 0.253 e. The van der Waals surface area contributed by atoms with E-state index >= 15 is 0 Å². The second-order valence-electron chi connectivity index (χ2n) is 7.35. The Hall–Kier alpha value is -3.20. The fourth-order valence-corrected chi connectivity index (χ4v) is 3.92.